The lowest BCUT2D eigenvalue weighted by Crippen LogP contribution is -2.36. The molecule has 184 valence electrons. The summed E-state index contributed by atoms with van der Waals surface area (Å²) in [6.07, 6.45) is 3.34. The third-order valence-corrected chi connectivity index (χ3v) is 7.18. The number of rotatable bonds is 7. The summed E-state index contributed by atoms with van der Waals surface area (Å²) in [5, 5.41) is 13.5. The maximum atomic E-state index is 12.8. The van der Waals surface area contributed by atoms with E-state index in [4.69, 9.17) is 4.42 Å². The van der Waals surface area contributed by atoms with Crippen molar-refractivity contribution in [3.8, 4) is 11.3 Å². The average molecular weight is 524 g/mol. The van der Waals surface area contributed by atoms with Crippen molar-refractivity contribution in [2.24, 2.45) is 0 Å². The number of imide groups is 1. The molecule has 1 aliphatic heterocycles. The van der Waals surface area contributed by atoms with Crippen LogP contribution in [0.15, 0.2) is 62.7 Å². The van der Waals surface area contributed by atoms with Crippen LogP contribution in [0.5, 0.6) is 0 Å². The number of hydrogen-bond donors (Lipinski definition) is 1. The van der Waals surface area contributed by atoms with Gasteiger partial charge in [0.15, 0.2) is 0 Å². The predicted octanol–water partition coefficient (Wildman–Crippen LogP) is 5.87. The van der Waals surface area contributed by atoms with Crippen molar-refractivity contribution >= 4 is 58.0 Å². The number of furan rings is 1. The van der Waals surface area contributed by atoms with Crippen molar-refractivity contribution in [2.45, 2.75) is 18.7 Å². The van der Waals surface area contributed by atoms with E-state index in [-0.39, 0.29) is 10.6 Å². The van der Waals surface area contributed by atoms with Crippen LogP contribution in [-0.2, 0) is 9.59 Å². The van der Waals surface area contributed by atoms with Crippen LogP contribution in [0, 0.1) is 24.0 Å². The van der Waals surface area contributed by atoms with Gasteiger partial charge in [-0.1, -0.05) is 6.07 Å². The van der Waals surface area contributed by atoms with Crippen LogP contribution in [0.2, 0.25) is 0 Å². The Labute approximate surface area is 215 Å². The SMILES string of the molecule is CSc1cccc(NC(=O)CN2C(=O)S/C(=C/c3ccc(-c4cc(C)c(C)c([N+](=O)[O-])c4)o3)C2=O)c1. The highest BCUT2D eigenvalue weighted by molar-refractivity contribution is 8.18. The number of carbonyl (C=O) groups is 3. The second-order valence-corrected chi connectivity index (χ2v) is 9.82. The lowest BCUT2D eigenvalue weighted by molar-refractivity contribution is -0.385. The van der Waals surface area contributed by atoms with Gasteiger partial charge in [-0.05, 0) is 73.8 Å². The maximum Gasteiger partial charge on any atom is 0.294 e. The van der Waals surface area contributed by atoms with Crippen molar-refractivity contribution in [3.63, 3.8) is 0 Å². The predicted molar refractivity (Wildman–Crippen MR) is 140 cm³/mol. The molecule has 0 spiro atoms. The Morgan fingerprint density at radius 1 is 1.19 bits per heavy atom. The molecule has 36 heavy (non-hydrogen) atoms. The van der Waals surface area contributed by atoms with Crippen molar-refractivity contribution in [2.75, 3.05) is 18.1 Å². The Balaban J connectivity index is 1.48. The summed E-state index contributed by atoms with van der Waals surface area (Å²) < 4.78 is 5.79. The van der Waals surface area contributed by atoms with Gasteiger partial charge in [-0.2, -0.15) is 0 Å². The second kappa shape index (κ2) is 10.4. The number of anilines is 1. The summed E-state index contributed by atoms with van der Waals surface area (Å²) >= 11 is 2.24. The molecule has 4 rings (SSSR count). The largest absolute Gasteiger partial charge is 0.457 e. The quantitative estimate of drug-likeness (QED) is 0.177. The van der Waals surface area contributed by atoms with Crippen molar-refractivity contribution < 1.29 is 23.7 Å². The molecular formula is C25H21N3O6S2. The molecule has 0 unspecified atom stereocenters. The smallest absolute Gasteiger partial charge is 0.294 e. The van der Waals surface area contributed by atoms with E-state index in [1.165, 1.54) is 23.9 Å². The summed E-state index contributed by atoms with van der Waals surface area (Å²) in [7, 11) is 0. The molecule has 0 saturated carbocycles. The van der Waals surface area contributed by atoms with E-state index in [9.17, 15) is 24.5 Å². The Kier molecular flexibility index (Phi) is 7.32. The van der Waals surface area contributed by atoms with Gasteiger partial charge in [0.2, 0.25) is 5.91 Å². The molecule has 1 aliphatic rings. The highest BCUT2D eigenvalue weighted by atomic mass is 32.2. The second-order valence-electron chi connectivity index (χ2n) is 7.94. The van der Waals surface area contributed by atoms with Crippen molar-refractivity contribution in [3.05, 3.63) is 80.4 Å². The molecule has 1 saturated heterocycles. The fourth-order valence-corrected chi connectivity index (χ4v) is 4.85. The number of benzene rings is 2. The van der Waals surface area contributed by atoms with Crippen LogP contribution < -0.4 is 5.32 Å². The molecule has 2 aromatic carbocycles. The number of hydrogen-bond acceptors (Lipinski definition) is 8. The van der Waals surface area contributed by atoms with Crippen LogP contribution in [-0.4, -0.2) is 39.7 Å². The lowest BCUT2D eigenvalue weighted by atomic mass is 10.0. The Morgan fingerprint density at radius 3 is 2.69 bits per heavy atom. The Bertz CT molecular complexity index is 1430. The van der Waals surface area contributed by atoms with E-state index in [0.29, 0.717) is 40.1 Å². The zero-order chi connectivity index (χ0) is 26.0. The maximum absolute atomic E-state index is 12.8. The molecule has 9 nitrogen and oxygen atoms in total. The number of aryl methyl sites for hydroxylation is 1. The minimum Gasteiger partial charge on any atom is -0.457 e. The molecule has 0 radical (unpaired) electrons. The first-order valence-electron chi connectivity index (χ1n) is 10.7. The molecule has 1 fully saturated rings. The average Bonchev–Trinajstić information content (AvgIpc) is 3.41. The van der Waals surface area contributed by atoms with E-state index in [1.807, 2.05) is 12.3 Å². The van der Waals surface area contributed by atoms with Gasteiger partial charge in [0.05, 0.1) is 9.83 Å². The number of thioether (sulfide) groups is 2. The summed E-state index contributed by atoms with van der Waals surface area (Å²) in [5.41, 5.74) is 2.41. The fourth-order valence-electron chi connectivity index (χ4n) is 3.57. The van der Waals surface area contributed by atoms with Gasteiger partial charge in [0.1, 0.15) is 18.1 Å². The van der Waals surface area contributed by atoms with Gasteiger partial charge < -0.3 is 9.73 Å². The molecule has 1 aromatic heterocycles. The number of carbonyl (C=O) groups excluding carboxylic acids is 3. The number of nitrogens with zero attached hydrogens (tertiary/aromatic N) is 2. The molecule has 0 atom stereocenters. The topological polar surface area (TPSA) is 123 Å². The van der Waals surface area contributed by atoms with E-state index in [0.717, 1.165) is 15.4 Å². The lowest BCUT2D eigenvalue weighted by Gasteiger charge is -2.12. The van der Waals surface area contributed by atoms with Crippen LogP contribution in [0.25, 0.3) is 17.4 Å². The first-order chi connectivity index (χ1) is 17.2. The number of nitro benzene ring substituents is 1. The zero-order valence-electron chi connectivity index (χ0n) is 19.6. The molecule has 0 bridgehead atoms. The molecule has 1 N–H and O–H groups in total. The van der Waals surface area contributed by atoms with E-state index in [2.05, 4.69) is 5.32 Å². The van der Waals surface area contributed by atoms with Crippen LogP contribution in [0.3, 0.4) is 0 Å². The van der Waals surface area contributed by atoms with Gasteiger partial charge >= 0.3 is 0 Å². The van der Waals surface area contributed by atoms with Gasteiger partial charge in [-0.3, -0.25) is 29.4 Å². The molecule has 11 heteroatoms. The molecule has 2 heterocycles. The Morgan fingerprint density at radius 2 is 1.97 bits per heavy atom. The van der Waals surface area contributed by atoms with E-state index in [1.54, 1.807) is 50.2 Å². The highest BCUT2D eigenvalue weighted by Crippen LogP contribution is 2.35. The van der Waals surface area contributed by atoms with E-state index < -0.39 is 28.5 Å². The van der Waals surface area contributed by atoms with E-state index >= 15 is 0 Å². The van der Waals surface area contributed by atoms with Gasteiger partial charge in [-0.15, -0.1) is 11.8 Å². The minimum absolute atomic E-state index is 0.0116. The monoisotopic (exact) mass is 523 g/mol. The van der Waals surface area contributed by atoms with Crippen LogP contribution in [0.1, 0.15) is 16.9 Å². The number of amides is 3. The van der Waals surface area contributed by atoms with Gasteiger partial charge in [0, 0.05) is 33.9 Å². The standard InChI is InChI=1S/C25H21N3O6S2/c1-14-9-16(10-20(15(14)2)28(32)33)21-8-7-18(34-21)12-22-24(30)27(25(31)36-22)13-23(29)26-17-5-4-6-19(11-17)35-3/h4-12H,13H2,1-3H3,(H,26,29)/b22-12+. The first-order valence-corrected chi connectivity index (χ1v) is 12.8. The van der Waals surface area contributed by atoms with Crippen LogP contribution in [0.4, 0.5) is 16.2 Å². The zero-order valence-corrected chi connectivity index (χ0v) is 21.2. The third-order valence-electron chi connectivity index (χ3n) is 5.55. The number of nitrogens with one attached hydrogen (secondary N) is 1. The minimum atomic E-state index is -0.599. The first kappa shape index (κ1) is 25.3. The number of nitro groups is 1. The van der Waals surface area contributed by atoms with Gasteiger partial charge in [0.25, 0.3) is 16.8 Å². The van der Waals surface area contributed by atoms with Crippen molar-refractivity contribution in [1.82, 2.24) is 4.90 Å². The highest BCUT2D eigenvalue weighted by Gasteiger charge is 2.36. The van der Waals surface area contributed by atoms with Gasteiger partial charge in [-0.25, -0.2) is 0 Å². The molecule has 3 amide bonds. The summed E-state index contributed by atoms with van der Waals surface area (Å²) in [6.45, 7) is 3.05. The molecule has 0 aliphatic carbocycles. The fraction of sp³-hybridized carbons (Fsp3) is 0.160. The normalized spacial score (nSPS) is 14.5. The summed E-state index contributed by atoms with van der Waals surface area (Å²) in [4.78, 5) is 50.5. The summed E-state index contributed by atoms with van der Waals surface area (Å²) in [6, 6.07) is 13.7. The van der Waals surface area contributed by atoms with Crippen molar-refractivity contribution in [1.29, 1.82) is 0 Å². The molecular weight excluding hydrogens is 502 g/mol. The Hall–Kier alpha value is -3.83. The summed E-state index contributed by atoms with van der Waals surface area (Å²) in [5.74, 6) is -0.403. The van der Waals surface area contributed by atoms with Crippen LogP contribution >= 0.6 is 23.5 Å². The molecule has 3 aromatic rings. The third kappa shape index (κ3) is 5.37.